The van der Waals surface area contributed by atoms with Crippen LogP contribution in [-0.4, -0.2) is 29.1 Å². The van der Waals surface area contributed by atoms with E-state index in [0.717, 1.165) is 5.56 Å². The Balaban J connectivity index is 1.96. The van der Waals surface area contributed by atoms with Crippen LogP contribution >= 0.6 is 0 Å². The van der Waals surface area contributed by atoms with Crippen molar-refractivity contribution in [2.24, 2.45) is 0 Å². The second kappa shape index (κ2) is 8.99. The SMILES string of the molecule is CCC(=O)Nc1cccc(C(=O)NC(C)C(O)Cc2ccccc2)c1. The minimum Gasteiger partial charge on any atom is -0.391 e. The summed E-state index contributed by atoms with van der Waals surface area (Å²) in [6, 6.07) is 16.0. The normalized spacial score (nSPS) is 12.9. The Bertz CT molecular complexity index is 716. The summed E-state index contributed by atoms with van der Waals surface area (Å²) in [5.74, 6) is -0.392. The van der Waals surface area contributed by atoms with Crippen LogP contribution in [0.5, 0.6) is 0 Å². The Morgan fingerprint density at radius 2 is 1.80 bits per heavy atom. The summed E-state index contributed by atoms with van der Waals surface area (Å²) in [6.07, 6.45) is 0.155. The van der Waals surface area contributed by atoms with Crippen molar-refractivity contribution in [3.63, 3.8) is 0 Å². The second-order valence-electron chi connectivity index (χ2n) is 6.00. The number of aliphatic hydroxyl groups excluding tert-OH is 1. The lowest BCUT2D eigenvalue weighted by molar-refractivity contribution is -0.115. The smallest absolute Gasteiger partial charge is 0.251 e. The van der Waals surface area contributed by atoms with E-state index in [0.29, 0.717) is 24.1 Å². The highest BCUT2D eigenvalue weighted by Crippen LogP contribution is 2.12. The zero-order valence-corrected chi connectivity index (χ0v) is 14.5. The average Bonchev–Trinajstić information content (AvgIpc) is 2.62. The van der Waals surface area contributed by atoms with Gasteiger partial charge in [0, 0.05) is 24.1 Å². The van der Waals surface area contributed by atoms with Gasteiger partial charge in [-0.25, -0.2) is 0 Å². The molecule has 0 heterocycles. The Morgan fingerprint density at radius 3 is 2.48 bits per heavy atom. The van der Waals surface area contributed by atoms with E-state index in [1.165, 1.54) is 0 Å². The fraction of sp³-hybridized carbons (Fsp3) is 0.300. The lowest BCUT2D eigenvalue weighted by Crippen LogP contribution is -2.42. The van der Waals surface area contributed by atoms with Gasteiger partial charge in [-0.05, 0) is 30.7 Å². The minimum absolute atomic E-state index is 0.107. The van der Waals surface area contributed by atoms with E-state index in [-0.39, 0.29) is 11.8 Å². The summed E-state index contributed by atoms with van der Waals surface area (Å²) in [4.78, 5) is 23.8. The number of amides is 2. The van der Waals surface area contributed by atoms with Gasteiger partial charge in [-0.1, -0.05) is 43.3 Å². The van der Waals surface area contributed by atoms with Crippen molar-refractivity contribution in [2.75, 3.05) is 5.32 Å². The highest BCUT2D eigenvalue weighted by Gasteiger charge is 2.18. The standard InChI is InChI=1S/C20H24N2O3/c1-3-19(24)22-17-11-7-10-16(13-17)20(25)21-14(2)18(23)12-15-8-5-4-6-9-15/h4-11,13-14,18,23H,3,12H2,1-2H3,(H,21,25)(H,22,24). The van der Waals surface area contributed by atoms with Crippen LogP contribution in [0.1, 0.15) is 36.2 Å². The molecular weight excluding hydrogens is 316 g/mol. The Hall–Kier alpha value is -2.66. The van der Waals surface area contributed by atoms with Gasteiger partial charge in [0.15, 0.2) is 0 Å². The van der Waals surface area contributed by atoms with Gasteiger partial charge in [0.2, 0.25) is 5.91 Å². The van der Waals surface area contributed by atoms with Crippen LogP contribution in [-0.2, 0) is 11.2 Å². The van der Waals surface area contributed by atoms with Gasteiger partial charge >= 0.3 is 0 Å². The Kier molecular flexibility index (Phi) is 6.71. The van der Waals surface area contributed by atoms with Gasteiger partial charge in [0.1, 0.15) is 0 Å². The topological polar surface area (TPSA) is 78.4 Å². The maximum Gasteiger partial charge on any atom is 0.251 e. The number of aliphatic hydroxyl groups is 1. The van der Waals surface area contributed by atoms with Crippen molar-refractivity contribution in [2.45, 2.75) is 38.8 Å². The monoisotopic (exact) mass is 340 g/mol. The van der Waals surface area contributed by atoms with Crippen molar-refractivity contribution in [3.8, 4) is 0 Å². The van der Waals surface area contributed by atoms with Crippen molar-refractivity contribution < 1.29 is 14.7 Å². The van der Waals surface area contributed by atoms with Crippen LogP contribution in [0.25, 0.3) is 0 Å². The van der Waals surface area contributed by atoms with Crippen LogP contribution in [0.3, 0.4) is 0 Å². The molecule has 2 atom stereocenters. The number of benzene rings is 2. The first-order chi connectivity index (χ1) is 12.0. The van der Waals surface area contributed by atoms with Gasteiger partial charge < -0.3 is 15.7 Å². The molecule has 0 saturated carbocycles. The number of rotatable bonds is 7. The molecule has 0 bridgehead atoms. The first-order valence-corrected chi connectivity index (χ1v) is 8.42. The number of carbonyl (C=O) groups is 2. The summed E-state index contributed by atoms with van der Waals surface area (Å²) in [7, 11) is 0. The molecule has 0 aliphatic rings. The van der Waals surface area contributed by atoms with Crippen LogP contribution in [0.2, 0.25) is 0 Å². The fourth-order valence-electron chi connectivity index (χ4n) is 2.41. The molecule has 2 aromatic carbocycles. The van der Waals surface area contributed by atoms with Crippen LogP contribution in [0.15, 0.2) is 54.6 Å². The third kappa shape index (κ3) is 5.72. The van der Waals surface area contributed by atoms with Gasteiger partial charge in [-0.2, -0.15) is 0 Å². The lowest BCUT2D eigenvalue weighted by atomic mass is 10.0. The van der Waals surface area contributed by atoms with E-state index >= 15 is 0 Å². The zero-order valence-electron chi connectivity index (χ0n) is 14.5. The van der Waals surface area contributed by atoms with Crippen molar-refractivity contribution in [1.82, 2.24) is 5.32 Å². The molecule has 3 N–H and O–H groups in total. The van der Waals surface area contributed by atoms with E-state index in [2.05, 4.69) is 10.6 Å². The van der Waals surface area contributed by atoms with Crippen molar-refractivity contribution in [3.05, 3.63) is 65.7 Å². The molecule has 0 spiro atoms. The molecule has 2 unspecified atom stereocenters. The number of nitrogens with one attached hydrogen (secondary N) is 2. The minimum atomic E-state index is -0.686. The Morgan fingerprint density at radius 1 is 1.08 bits per heavy atom. The third-order valence-electron chi connectivity index (χ3n) is 3.95. The quantitative estimate of drug-likeness (QED) is 0.725. The molecule has 25 heavy (non-hydrogen) atoms. The zero-order chi connectivity index (χ0) is 18.2. The van der Waals surface area contributed by atoms with E-state index < -0.39 is 12.1 Å². The molecule has 0 fully saturated rings. The molecule has 0 saturated heterocycles. The van der Waals surface area contributed by atoms with Crippen LogP contribution in [0, 0.1) is 0 Å². The first kappa shape index (κ1) is 18.7. The maximum atomic E-state index is 12.4. The summed E-state index contributed by atoms with van der Waals surface area (Å²) >= 11 is 0. The van der Waals surface area contributed by atoms with Crippen molar-refractivity contribution >= 4 is 17.5 Å². The highest BCUT2D eigenvalue weighted by atomic mass is 16.3. The number of hydrogen-bond donors (Lipinski definition) is 3. The summed E-state index contributed by atoms with van der Waals surface area (Å²) < 4.78 is 0. The lowest BCUT2D eigenvalue weighted by Gasteiger charge is -2.20. The largest absolute Gasteiger partial charge is 0.391 e. The summed E-state index contributed by atoms with van der Waals surface area (Å²) in [5.41, 5.74) is 2.03. The molecule has 2 amide bonds. The molecule has 0 radical (unpaired) electrons. The molecule has 0 aliphatic carbocycles. The van der Waals surface area contributed by atoms with Gasteiger partial charge in [0.05, 0.1) is 12.1 Å². The predicted molar refractivity (Wildman–Crippen MR) is 98.4 cm³/mol. The molecule has 132 valence electrons. The van der Waals surface area contributed by atoms with Crippen molar-refractivity contribution in [1.29, 1.82) is 0 Å². The van der Waals surface area contributed by atoms with Gasteiger partial charge in [-0.15, -0.1) is 0 Å². The highest BCUT2D eigenvalue weighted by molar-refractivity contribution is 5.97. The third-order valence-corrected chi connectivity index (χ3v) is 3.95. The van der Waals surface area contributed by atoms with E-state index in [1.807, 2.05) is 30.3 Å². The molecule has 2 rings (SSSR count). The fourth-order valence-corrected chi connectivity index (χ4v) is 2.41. The van der Waals surface area contributed by atoms with E-state index in [9.17, 15) is 14.7 Å². The first-order valence-electron chi connectivity index (χ1n) is 8.42. The maximum absolute atomic E-state index is 12.4. The molecule has 2 aromatic rings. The van der Waals surface area contributed by atoms with Crippen LogP contribution < -0.4 is 10.6 Å². The summed E-state index contributed by atoms with van der Waals surface area (Å²) in [6.45, 7) is 3.54. The second-order valence-corrected chi connectivity index (χ2v) is 6.00. The molecule has 0 aromatic heterocycles. The molecule has 0 aliphatic heterocycles. The van der Waals surface area contributed by atoms with Gasteiger partial charge in [0.25, 0.3) is 5.91 Å². The van der Waals surface area contributed by atoms with E-state index in [1.54, 1.807) is 38.1 Å². The molecular formula is C20H24N2O3. The summed E-state index contributed by atoms with van der Waals surface area (Å²) in [5, 5.41) is 15.8. The number of carbonyl (C=O) groups excluding carboxylic acids is 2. The van der Waals surface area contributed by atoms with E-state index in [4.69, 9.17) is 0 Å². The van der Waals surface area contributed by atoms with Crippen LogP contribution in [0.4, 0.5) is 5.69 Å². The molecule has 5 heteroatoms. The predicted octanol–water partition coefficient (Wildman–Crippen LogP) is 2.76. The number of hydrogen-bond acceptors (Lipinski definition) is 3. The number of anilines is 1. The average molecular weight is 340 g/mol. The van der Waals surface area contributed by atoms with Gasteiger partial charge in [-0.3, -0.25) is 9.59 Å². The molecule has 5 nitrogen and oxygen atoms in total. The Labute approximate surface area is 148 Å².